The fourth-order valence-electron chi connectivity index (χ4n) is 4.13. The van der Waals surface area contributed by atoms with Crippen molar-refractivity contribution in [2.75, 3.05) is 26.1 Å². The SMILES string of the molecule is C=C/C=C\C(CCc1ccc(Cl)cc1)=C(/C)C(CC)NC.CC.CNCC[C@H](C=O)NC(=O)c1cnc(NNC=S)c(C)c1. The highest BCUT2D eigenvalue weighted by Crippen LogP contribution is 2.20. The Bertz CT molecular complexity index is 1200. The van der Waals surface area contributed by atoms with Crippen molar-refractivity contribution >= 4 is 47.3 Å². The highest BCUT2D eigenvalue weighted by atomic mass is 35.5. The standard InChI is InChI=1S/C19H26ClN.C13H19N5O2S.C2H6/c1-5-7-8-17(15(3)19(6-2)21-4)12-9-16-10-13-18(20)14-11-16;1-9-5-10(6-15-12(9)18-16-8-21)13(20)17-11(7-19)3-4-14-2;1-2/h5,7-8,10-11,13-14,19,21H,1,6,9,12H2,2-4H3;5-8,11,14H,3-4H2,1-2H3,(H,15,18)(H,16,21)(H,17,20);1-2H3/b8-7-,17-15-;;/t;11-;/m.1./s1. The molecule has 44 heavy (non-hydrogen) atoms. The number of amides is 1. The number of aldehydes is 1. The number of nitrogens with zero attached hydrogens (tertiary/aromatic N) is 1. The summed E-state index contributed by atoms with van der Waals surface area (Å²) in [5.74, 6) is 0.253. The van der Waals surface area contributed by atoms with Crippen LogP contribution in [0.25, 0.3) is 0 Å². The zero-order valence-electron chi connectivity index (χ0n) is 27.3. The Balaban J connectivity index is 0.000000795. The summed E-state index contributed by atoms with van der Waals surface area (Å²) in [4.78, 5) is 27.1. The van der Waals surface area contributed by atoms with Crippen LogP contribution in [0.5, 0.6) is 0 Å². The van der Waals surface area contributed by atoms with E-state index in [1.54, 1.807) is 13.1 Å². The van der Waals surface area contributed by atoms with Crippen molar-refractivity contribution in [2.45, 2.75) is 72.4 Å². The van der Waals surface area contributed by atoms with Crippen molar-refractivity contribution in [1.29, 1.82) is 0 Å². The summed E-state index contributed by atoms with van der Waals surface area (Å²) >= 11 is 10.6. The number of carbonyl (C=O) groups excluding carboxylic acids is 2. The topological polar surface area (TPSA) is 107 Å². The molecule has 1 unspecified atom stereocenters. The maximum atomic E-state index is 12.1. The minimum atomic E-state index is -0.514. The van der Waals surface area contributed by atoms with Crippen LogP contribution in [-0.4, -0.2) is 55.4 Å². The van der Waals surface area contributed by atoms with Gasteiger partial charge >= 0.3 is 0 Å². The summed E-state index contributed by atoms with van der Waals surface area (Å²) < 4.78 is 0. The van der Waals surface area contributed by atoms with Crippen molar-refractivity contribution in [3.05, 3.63) is 94.2 Å². The van der Waals surface area contributed by atoms with E-state index < -0.39 is 6.04 Å². The number of carbonyl (C=O) groups is 2. The Morgan fingerprint density at radius 1 is 1.18 bits per heavy atom. The second-order valence-electron chi connectivity index (χ2n) is 9.56. The predicted molar refractivity (Wildman–Crippen MR) is 192 cm³/mol. The first kappa shape index (κ1) is 40.6. The van der Waals surface area contributed by atoms with Crippen LogP contribution in [0, 0.1) is 6.92 Å². The van der Waals surface area contributed by atoms with E-state index in [-0.39, 0.29) is 5.91 Å². The van der Waals surface area contributed by atoms with Gasteiger partial charge in [-0.05, 0) is 95.1 Å². The third-order valence-corrected chi connectivity index (χ3v) is 6.96. The summed E-state index contributed by atoms with van der Waals surface area (Å²) in [7, 11) is 3.81. The fourth-order valence-corrected chi connectivity index (χ4v) is 4.32. The summed E-state index contributed by atoms with van der Waals surface area (Å²) in [5, 5.41) is 9.76. The Hall–Kier alpha value is -3.37. The van der Waals surface area contributed by atoms with E-state index >= 15 is 0 Å². The number of likely N-dealkylation sites (N-methyl/N-ethyl adjacent to an activating group) is 1. The molecule has 2 rings (SSSR count). The zero-order valence-corrected chi connectivity index (χ0v) is 28.9. The van der Waals surface area contributed by atoms with Gasteiger partial charge in [-0.15, -0.1) is 0 Å². The number of thiocarbonyl (C=S) groups is 1. The molecule has 1 aromatic heterocycles. The van der Waals surface area contributed by atoms with Crippen molar-refractivity contribution < 1.29 is 9.59 Å². The van der Waals surface area contributed by atoms with Crippen LogP contribution in [0.1, 0.15) is 68.4 Å². The molecule has 0 aliphatic heterocycles. The van der Waals surface area contributed by atoms with Gasteiger partial charge in [-0.1, -0.05) is 87.1 Å². The van der Waals surface area contributed by atoms with E-state index in [0.29, 0.717) is 30.4 Å². The van der Waals surface area contributed by atoms with Crippen LogP contribution < -0.4 is 26.8 Å². The average Bonchev–Trinajstić information content (AvgIpc) is 3.05. The maximum Gasteiger partial charge on any atom is 0.253 e. The summed E-state index contributed by atoms with van der Waals surface area (Å²) in [6.45, 7) is 14.7. The number of hydrogen-bond donors (Lipinski definition) is 5. The van der Waals surface area contributed by atoms with Gasteiger partial charge in [-0.25, -0.2) is 4.98 Å². The molecule has 0 fully saturated rings. The van der Waals surface area contributed by atoms with Gasteiger partial charge in [-0.3, -0.25) is 15.6 Å². The Labute approximate surface area is 275 Å². The Morgan fingerprint density at radius 3 is 2.39 bits per heavy atom. The molecule has 1 amide bonds. The van der Waals surface area contributed by atoms with E-state index in [1.165, 1.54) is 28.4 Å². The Morgan fingerprint density at radius 2 is 1.86 bits per heavy atom. The van der Waals surface area contributed by atoms with Gasteiger partial charge in [-0.2, -0.15) is 0 Å². The molecular formula is C34H51ClN6O2S. The van der Waals surface area contributed by atoms with Crippen LogP contribution in [0.3, 0.4) is 0 Å². The summed E-state index contributed by atoms with van der Waals surface area (Å²) in [5.41, 5.74) is 12.0. The lowest BCUT2D eigenvalue weighted by atomic mass is 9.95. The number of nitrogens with one attached hydrogen (secondary N) is 5. The molecule has 0 bridgehead atoms. The number of halogens is 1. The van der Waals surface area contributed by atoms with E-state index in [2.05, 4.69) is 82.6 Å². The van der Waals surface area contributed by atoms with Gasteiger partial charge in [0.1, 0.15) is 12.1 Å². The lowest BCUT2D eigenvalue weighted by Gasteiger charge is -2.18. The van der Waals surface area contributed by atoms with Crippen LogP contribution in [0.2, 0.25) is 5.02 Å². The van der Waals surface area contributed by atoms with Crippen molar-refractivity contribution in [2.24, 2.45) is 0 Å². The fraction of sp³-hybridized carbons (Fsp3) is 0.412. The summed E-state index contributed by atoms with van der Waals surface area (Å²) in [6, 6.07) is 9.71. The number of hydrazine groups is 1. The summed E-state index contributed by atoms with van der Waals surface area (Å²) in [6.07, 6.45) is 11.9. The van der Waals surface area contributed by atoms with Gasteiger partial charge in [0.15, 0.2) is 0 Å². The maximum absolute atomic E-state index is 12.1. The van der Waals surface area contributed by atoms with E-state index in [0.717, 1.165) is 36.1 Å². The first-order chi connectivity index (χ1) is 21.2. The first-order valence-electron chi connectivity index (χ1n) is 15.0. The monoisotopic (exact) mass is 642 g/mol. The number of aryl methyl sites for hydroxylation is 2. The number of aromatic nitrogens is 1. The van der Waals surface area contributed by atoms with Gasteiger partial charge in [0.2, 0.25) is 0 Å². The van der Waals surface area contributed by atoms with Crippen LogP contribution in [0.15, 0.2) is 72.5 Å². The molecule has 10 heteroatoms. The van der Waals surface area contributed by atoms with Gasteiger partial charge in [0, 0.05) is 17.3 Å². The smallest absolute Gasteiger partial charge is 0.253 e. The molecule has 2 aromatic rings. The molecule has 0 spiro atoms. The van der Waals surface area contributed by atoms with Gasteiger partial charge in [0.05, 0.1) is 17.1 Å². The van der Waals surface area contributed by atoms with E-state index in [4.69, 9.17) is 11.6 Å². The number of allylic oxidation sites excluding steroid dienone is 4. The number of pyridine rings is 1. The molecular weight excluding hydrogens is 592 g/mol. The van der Waals surface area contributed by atoms with Crippen LogP contribution >= 0.6 is 23.8 Å². The van der Waals surface area contributed by atoms with Gasteiger partial charge in [0.25, 0.3) is 5.91 Å². The Kier molecular flexibility index (Phi) is 23.1. The molecule has 8 nitrogen and oxygen atoms in total. The zero-order chi connectivity index (χ0) is 33.3. The molecule has 0 aliphatic rings. The molecule has 0 radical (unpaired) electrons. The average molecular weight is 643 g/mol. The highest BCUT2D eigenvalue weighted by Gasteiger charge is 2.14. The molecule has 242 valence electrons. The molecule has 1 aromatic carbocycles. The van der Waals surface area contributed by atoms with Crippen LogP contribution in [-0.2, 0) is 11.2 Å². The molecule has 5 N–H and O–H groups in total. The van der Waals surface area contributed by atoms with E-state index in [1.807, 2.05) is 52.1 Å². The largest absolute Gasteiger partial charge is 0.342 e. The number of hydrogen-bond acceptors (Lipinski definition) is 7. The molecule has 0 saturated heterocycles. The van der Waals surface area contributed by atoms with Crippen molar-refractivity contribution in [3.8, 4) is 0 Å². The minimum absolute atomic E-state index is 0.326. The third kappa shape index (κ3) is 15.9. The molecule has 2 atom stereocenters. The molecule has 1 heterocycles. The molecule has 0 aliphatic carbocycles. The first-order valence-corrected chi connectivity index (χ1v) is 15.8. The second-order valence-corrected chi connectivity index (χ2v) is 10.2. The van der Waals surface area contributed by atoms with E-state index in [9.17, 15) is 9.59 Å². The molecule has 0 saturated carbocycles. The van der Waals surface area contributed by atoms with Crippen LogP contribution in [0.4, 0.5) is 5.82 Å². The number of anilines is 1. The second kappa shape index (κ2) is 25.0. The predicted octanol–water partition coefficient (Wildman–Crippen LogP) is 6.53. The lowest BCUT2D eigenvalue weighted by molar-refractivity contribution is -0.109. The normalized spacial score (nSPS) is 12.3. The number of rotatable bonds is 17. The van der Waals surface area contributed by atoms with Crippen molar-refractivity contribution in [3.63, 3.8) is 0 Å². The number of benzene rings is 1. The third-order valence-electron chi connectivity index (χ3n) is 6.59. The quantitative estimate of drug-likeness (QED) is 0.0574. The highest BCUT2D eigenvalue weighted by molar-refractivity contribution is 7.78. The lowest BCUT2D eigenvalue weighted by Crippen LogP contribution is -2.38. The van der Waals surface area contributed by atoms with Crippen molar-refractivity contribution in [1.82, 2.24) is 26.4 Å². The minimum Gasteiger partial charge on any atom is -0.342 e. The van der Waals surface area contributed by atoms with Gasteiger partial charge < -0.3 is 20.7 Å².